The van der Waals surface area contributed by atoms with E-state index in [1.165, 1.54) is 17.7 Å². The van der Waals surface area contributed by atoms with Gasteiger partial charge in [0.2, 0.25) is 0 Å². The number of hydrogen-bond acceptors (Lipinski definition) is 5. The monoisotopic (exact) mass is 381 g/mol. The van der Waals surface area contributed by atoms with E-state index in [0.29, 0.717) is 6.54 Å². The van der Waals surface area contributed by atoms with Gasteiger partial charge in [-0.15, -0.1) is 0 Å². The normalized spacial score (nSPS) is 16.2. The van der Waals surface area contributed by atoms with Gasteiger partial charge in [-0.05, 0) is 35.9 Å². The molecule has 1 aromatic carbocycles. The number of morpholine rings is 1. The molecule has 6 nitrogen and oxygen atoms in total. The van der Waals surface area contributed by atoms with Gasteiger partial charge in [0.05, 0.1) is 25.1 Å². The number of halogens is 1. The highest BCUT2D eigenvalue weighted by Crippen LogP contribution is 2.23. The highest BCUT2D eigenvalue weighted by atomic mass is 19.1. The molecule has 3 aromatic rings. The quantitative estimate of drug-likeness (QED) is 0.659. The van der Waals surface area contributed by atoms with E-state index in [1.54, 1.807) is 18.3 Å². The van der Waals surface area contributed by atoms with Gasteiger partial charge in [-0.25, -0.2) is 4.39 Å². The van der Waals surface area contributed by atoms with Crippen molar-refractivity contribution in [3.05, 3.63) is 71.9 Å². The summed E-state index contributed by atoms with van der Waals surface area (Å²) < 4.78 is 18.7. The Kier molecular flexibility index (Phi) is 6.06. The fourth-order valence-corrected chi connectivity index (χ4v) is 3.58. The molecule has 1 aliphatic rings. The Morgan fingerprint density at radius 1 is 1.14 bits per heavy atom. The second-order valence-corrected chi connectivity index (χ2v) is 6.86. The fourth-order valence-electron chi connectivity index (χ4n) is 3.58. The molecule has 0 saturated carbocycles. The SMILES string of the molecule is Fc1ccc(-c2[nH]ncc2CNCC(c2cccnc2)N2CCOCC2)cc1. The maximum atomic E-state index is 13.2. The number of nitrogens with zero attached hydrogens (tertiary/aromatic N) is 3. The van der Waals surface area contributed by atoms with Crippen molar-refractivity contribution in [1.29, 1.82) is 0 Å². The number of aromatic amines is 1. The second kappa shape index (κ2) is 9.05. The Hall–Kier alpha value is -2.61. The number of rotatable bonds is 7. The third-order valence-corrected chi connectivity index (χ3v) is 5.06. The molecule has 1 aliphatic heterocycles. The molecule has 2 N–H and O–H groups in total. The van der Waals surface area contributed by atoms with Crippen LogP contribution in [0.5, 0.6) is 0 Å². The maximum Gasteiger partial charge on any atom is 0.123 e. The van der Waals surface area contributed by atoms with Crippen LogP contribution in [0.1, 0.15) is 17.2 Å². The zero-order chi connectivity index (χ0) is 19.2. The van der Waals surface area contributed by atoms with E-state index in [-0.39, 0.29) is 11.9 Å². The smallest absolute Gasteiger partial charge is 0.123 e. The summed E-state index contributed by atoms with van der Waals surface area (Å²) in [5.41, 5.74) is 4.09. The first-order chi connectivity index (χ1) is 13.8. The highest BCUT2D eigenvalue weighted by Gasteiger charge is 2.22. The van der Waals surface area contributed by atoms with Crippen LogP contribution in [0.25, 0.3) is 11.3 Å². The molecule has 2 aromatic heterocycles. The third kappa shape index (κ3) is 4.44. The van der Waals surface area contributed by atoms with Crippen molar-refractivity contribution < 1.29 is 9.13 Å². The minimum atomic E-state index is -0.243. The van der Waals surface area contributed by atoms with Crippen molar-refractivity contribution in [3.63, 3.8) is 0 Å². The molecule has 28 heavy (non-hydrogen) atoms. The van der Waals surface area contributed by atoms with Gasteiger partial charge in [-0.1, -0.05) is 6.07 Å². The summed E-state index contributed by atoms with van der Waals surface area (Å²) in [6.45, 7) is 4.80. The lowest BCUT2D eigenvalue weighted by Gasteiger charge is -2.34. The number of nitrogens with one attached hydrogen (secondary N) is 2. The summed E-state index contributed by atoms with van der Waals surface area (Å²) in [7, 11) is 0. The van der Waals surface area contributed by atoms with Crippen molar-refractivity contribution in [2.24, 2.45) is 0 Å². The second-order valence-electron chi connectivity index (χ2n) is 6.86. The van der Waals surface area contributed by atoms with E-state index in [0.717, 1.165) is 49.7 Å². The summed E-state index contributed by atoms with van der Waals surface area (Å²) >= 11 is 0. The molecule has 3 heterocycles. The molecule has 4 rings (SSSR count). The Balaban J connectivity index is 1.44. The lowest BCUT2D eigenvalue weighted by atomic mass is 10.1. The number of benzene rings is 1. The molecule has 0 bridgehead atoms. The first-order valence-corrected chi connectivity index (χ1v) is 9.52. The number of pyridine rings is 1. The molecular formula is C21H24FN5O. The van der Waals surface area contributed by atoms with Gasteiger partial charge in [-0.3, -0.25) is 15.0 Å². The largest absolute Gasteiger partial charge is 0.379 e. The van der Waals surface area contributed by atoms with Crippen LogP contribution in [0.3, 0.4) is 0 Å². The summed E-state index contributed by atoms with van der Waals surface area (Å²) in [6, 6.07) is 10.8. The fraction of sp³-hybridized carbons (Fsp3) is 0.333. The Morgan fingerprint density at radius 3 is 2.71 bits per heavy atom. The van der Waals surface area contributed by atoms with Crippen LogP contribution < -0.4 is 5.32 Å². The van der Waals surface area contributed by atoms with Gasteiger partial charge in [-0.2, -0.15) is 5.10 Å². The lowest BCUT2D eigenvalue weighted by Crippen LogP contribution is -2.42. The van der Waals surface area contributed by atoms with Crippen molar-refractivity contribution in [2.75, 3.05) is 32.8 Å². The minimum absolute atomic E-state index is 0.235. The number of aromatic nitrogens is 3. The Morgan fingerprint density at radius 2 is 1.96 bits per heavy atom. The lowest BCUT2D eigenvalue weighted by molar-refractivity contribution is 0.0160. The standard InChI is InChI=1S/C21H24FN5O/c22-19-5-3-16(4-6-19)21-18(14-25-26-21)13-24-15-20(17-2-1-7-23-12-17)27-8-10-28-11-9-27/h1-7,12,14,20,24H,8-11,13,15H2,(H,25,26). The number of H-pyrrole nitrogens is 1. The van der Waals surface area contributed by atoms with Gasteiger partial charge < -0.3 is 10.1 Å². The van der Waals surface area contributed by atoms with Gasteiger partial charge >= 0.3 is 0 Å². The molecule has 146 valence electrons. The molecule has 0 radical (unpaired) electrons. The molecule has 1 unspecified atom stereocenters. The van der Waals surface area contributed by atoms with Crippen LogP contribution >= 0.6 is 0 Å². The van der Waals surface area contributed by atoms with Crippen LogP contribution in [0.2, 0.25) is 0 Å². The van der Waals surface area contributed by atoms with E-state index in [4.69, 9.17) is 4.74 Å². The summed E-state index contributed by atoms with van der Waals surface area (Å²) in [6.07, 6.45) is 5.55. The first kappa shape index (κ1) is 18.7. The summed E-state index contributed by atoms with van der Waals surface area (Å²) in [5.74, 6) is -0.243. The predicted molar refractivity (Wildman–Crippen MR) is 105 cm³/mol. The van der Waals surface area contributed by atoms with E-state index in [9.17, 15) is 4.39 Å². The maximum absolute atomic E-state index is 13.2. The number of ether oxygens (including phenoxy) is 1. The van der Waals surface area contributed by atoms with Crippen molar-refractivity contribution >= 4 is 0 Å². The summed E-state index contributed by atoms with van der Waals surface area (Å²) in [4.78, 5) is 6.72. The van der Waals surface area contributed by atoms with Crippen LogP contribution in [0, 0.1) is 5.82 Å². The van der Waals surface area contributed by atoms with Gasteiger partial charge in [0.15, 0.2) is 0 Å². The van der Waals surface area contributed by atoms with Crippen LogP contribution in [-0.2, 0) is 11.3 Å². The molecule has 0 amide bonds. The minimum Gasteiger partial charge on any atom is -0.379 e. The molecule has 1 fully saturated rings. The number of hydrogen-bond donors (Lipinski definition) is 2. The third-order valence-electron chi connectivity index (χ3n) is 5.06. The van der Waals surface area contributed by atoms with Gasteiger partial charge in [0.25, 0.3) is 0 Å². The van der Waals surface area contributed by atoms with E-state index in [2.05, 4.69) is 31.5 Å². The topological polar surface area (TPSA) is 66.1 Å². The van der Waals surface area contributed by atoms with Gasteiger partial charge in [0.1, 0.15) is 5.82 Å². The predicted octanol–water partition coefficient (Wildman–Crippen LogP) is 2.77. The van der Waals surface area contributed by atoms with E-state index >= 15 is 0 Å². The summed E-state index contributed by atoms with van der Waals surface area (Å²) in [5, 5.41) is 10.8. The first-order valence-electron chi connectivity index (χ1n) is 9.52. The van der Waals surface area contributed by atoms with Crippen LogP contribution in [-0.4, -0.2) is 52.9 Å². The van der Waals surface area contributed by atoms with Gasteiger partial charge in [0, 0.05) is 55.7 Å². The van der Waals surface area contributed by atoms with Crippen LogP contribution in [0.4, 0.5) is 4.39 Å². The van der Waals surface area contributed by atoms with Crippen molar-refractivity contribution in [3.8, 4) is 11.3 Å². The molecule has 1 saturated heterocycles. The molecular weight excluding hydrogens is 357 g/mol. The molecule has 0 aliphatic carbocycles. The van der Waals surface area contributed by atoms with E-state index < -0.39 is 0 Å². The van der Waals surface area contributed by atoms with Crippen LogP contribution in [0.15, 0.2) is 55.0 Å². The Labute approximate surface area is 163 Å². The molecule has 7 heteroatoms. The average molecular weight is 381 g/mol. The van der Waals surface area contributed by atoms with E-state index in [1.807, 2.05) is 18.5 Å². The average Bonchev–Trinajstić information content (AvgIpc) is 3.21. The van der Waals surface area contributed by atoms with Crippen molar-refractivity contribution in [1.82, 2.24) is 25.4 Å². The van der Waals surface area contributed by atoms with Crippen molar-refractivity contribution in [2.45, 2.75) is 12.6 Å². The zero-order valence-electron chi connectivity index (χ0n) is 15.6. The Bertz CT molecular complexity index is 862. The highest BCUT2D eigenvalue weighted by molar-refractivity contribution is 5.62. The molecule has 1 atom stereocenters. The molecule has 0 spiro atoms. The zero-order valence-corrected chi connectivity index (χ0v) is 15.6.